The van der Waals surface area contributed by atoms with Crippen molar-refractivity contribution in [3.05, 3.63) is 39.7 Å². The van der Waals surface area contributed by atoms with Gasteiger partial charge in [-0.3, -0.25) is 9.59 Å². The van der Waals surface area contributed by atoms with E-state index in [-0.39, 0.29) is 18.9 Å². The molecule has 134 valence electrons. The number of aliphatic carboxylic acids is 1. The zero-order valence-electron chi connectivity index (χ0n) is 14.4. The van der Waals surface area contributed by atoms with Crippen LogP contribution in [0, 0.1) is 13.8 Å². The molecular weight excluding hydrogens is 326 g/mol. The molecule has 0 aliphatic carbocycles. The lowest BCUT2D eigenvalue weighted by Gasteiger charge is -2.15. The molecule has 0 spiro atoms. The quantitative estimate of drug-likeness (QED) is 0.587. The van der Waals surface area contributed by atoms with Crippen molar-refractivity contribution in [2.24, 2.45) is 0 Å². The predicted molar refractivity (Wildman–Crippen MR) is 91.9 cm³/mol. The molecule has 0 aliphatic rings. The van der Waals surface area contributed by atoms with E-state index in [2.05, 4.69) is 5.32 Å². The number of nitrogens with one attached hydrogen (secondary N) is 1. The number of hydrogen-bond donors (Lipinski definition) is 2. The Morgan fingerprint density at radius 2 is 2.00 bits per heavy atom. The molecule has 25 heavy (non-hydrogen) atoms. The van der Waals surface area contributed by atoms with E-state index >= 15 is 0 Å². The lowest BCUT2D eigenvalue weighted by Crippen LogP contribution is -2.36. The van der Waals surface area contributed by atoms with Gasteiger partial charge in [-0.1, -0.05) is 0 Å². The van der Waals surface area contributed by atoms with E-state index in [1.54, 1.807) is 32.0 Å². The van der Waals surface area contributed by atoms with Gasteiger partial charge in [-0.25, -0.2) is 4.79 Å². The Labute approximate surface area is 144 Å². The Balaban J connectivity index is 2.04. The van der Waals surface area contributed by atoms with Gasteiger partial charge >= 0.3 is 11.6 Å². The fourth-order valence-corrected chi connectivity index (χ4v) is 2.35. The summed E-state index contributed by atoms with van der Waals surface area (Å²) in [6.45, 7) is 5.42. The molecule has 7 heteroatoms. The maximum atomic E-state index is 12.0. The third-order valence-electron chi connectivity index (χ3n) is 3.98. The summed E-state index contributed by atoms with van der Waals surface area (Å²) in [4.78, 5) is 34.2. The number of carbonyl (C=O) groups is 2. The normalized spacial score (nSPS) is 12.0. The number of carboxylic acids is 1. The molecule has 7 nitrogen and oxygen atoms in total. The molecule has 0 fully saturated rings. The zero-order valence-corrected chi connectivity index (χ0v) is 14.4. The van der Waals surface area contributed by atoms with Gasteiger partial charge in [0.2, 0.25) is 0 Å². The molecule has 0 radical (unpaired) electrons. The highest BCUT2D eigenvalue weighted by molar-refractivity contribution is 5.83. The number of carbonyl (C=O) groups excluding carboxylic acids is 1. The largest absolute Gasteiger partial charge is 0.481 e. The lowest BCUT2D eigenvalue weighted by atomic mass is 10.1. The molecule has 2 N–H and O–H groups in total. The highest BCUT2D eigenvalue weighted by atomic mass is 16.5. The zero-order chi connectivity index (χ0) is 18.6. The summed E-state index contributed by atoms with van der Waals surface area (Å²) in [6, 6.07) is 5.08. The van der Waals surface area contributed by atoms with Crippen molar-refractivity contribution in [3.63, 3.8) is 0 Å². The Hall–Kier alpha value is -2.83. The van der Waals surface area contributed by atoms with Crippen LogP contribution in [-0.2, 0) is 9.59 Å². The number of fused-ring (bicyclic) bond motifs is 1. The van der Waals surface area contributed by atoms with Crippen LogP contribution in [0.3, 0.4) is 0 Å². The molecule has 0 bridgehead atoms. The van der Waals surface area contributed by atoms with Crippen LogP contribution in [0.25, 0.3) is 11.0 Å². The van der Waals surface area contributed by atoms with Crippen molar-refractivity contribution in [1.82, 2.24) is 5.32 Å². The second-order valence-electron chi connectivity index (χ2n) is 5.85. The second-order valence-corrected chi connectivity index (χ2v) is 5.85. The Bertz CT molecular complexity index is 855. The highest BCUT2D eigenvalue weighted by Gasteiger charge is 2.15. The fourth-order valence-electron chi connectivity index (χ4n) is 2.35. The number of carboxylic acid groups (broad SMARTS) is 1. The van der Waals surface area contributed by atoms with Gasteiger partial charge in [-0.2, -0.15) is 0 Å². The van der Waals surface area contributed by atoms with Crippen LogP contribution in [0.5, 0.6) is 5.75 Å². The number of amides is 1. The fraction of sp³-hybridized carbons (Fsp3) is 0.389. The molecule has 1 aromatic heterocycles. The van der Waals surface area contributed by atoms with Gasteiger partial charge in [-0.05, 0) is 44.9 Å². The van der Waals surface area contributed by atoms with Crippen LogP contribution in [0.1, 0.15) is 30.9 Å². The summed E-state index contributed by atoms with van der Waals surface area (Å²) in [6.07, 6.45) is -0.411. The molecule has 1 amide bonds. The van der Waals surface area contributed by atoms with Crippen molar-refractivity contribution >= 4 is 22.8 Å². The minimum atomic E-state index is -0.901. The van der Waals surface area contributed by atoms with E-state index in [9.17, 15) is 14.4 Å². The second kappa shape index (κ2) is 7.83. The van der Waals surface area contributed by atoms with E-state index in [4.69, 9.17) is 14.3 Å². The summed E-state index contributed by atoms with van der Waals surface area (Å²) < 4.78 is 10.8. The Morgan fingerprint density at radius 1 is 1.28 bits per heavy atom. The monoisotopic (exact) mass is 347 g/mol. The van der Waals surface area contributed by atoms with Crippen molar-refractivity contribution in [2.45, 2.75) is 39.7 Å². The maximum absolute atomic E-state index is 12.0. The predicted octanol–water partition coefficient (Wildman–Crippen LogP) is 2.16. The third kappa shape index (κ3) is 4.59. The van der Waals surface area contributed by atoms with Gasteiger partial charge in [0.1, 0.15) is 11.3 Å². The van der Waals surface area contributed by atoms with Crippen molar-refractivity contribution in [3.8, 4) is 5.75 Å². The maximum Gasteiger partial charge on any atom is 0.339 e. The number of ether oxygens (including phenoxy) is 1. The molecule has 0 saturated carbocycles. The average Bonchev–Trinajstić information content (AvgIpc) is 2.56. The highest BCUT2D eigenvalue weighted by Crippen LogP contribution is 2.24. The van der Waals surface area contributed by atoms with Crippen LogP contribution >= 0.6 is 0 Å². The van der Waals surface area contributed by atoms with Gasteiger partial charge in [0.25, 0.3) is 5.91 Å². The molecule has 0 aliphatic heterocycles. The summed E-state index contributed by atoms with van der Waals surface area (Å²) in [5.41, 5.74) is 1.42. The van der Waals surface area contributed by atoms with Gasteiger partial charge in [0.15, 0.2) is 6.10 Å². The van der Waals surface area contributed by atoms with E-state index in [1.807, 2.05) is 6.92 Å². The standard InChI is InChI=1S/C18H21NO6/c1-10-11(2)18(23)25-15-9-13(6-7-14(10)15)24-12(3)17(22)19-8-4-5-16(20)21/h6-7,9,12H,4-5,8H2,1-3H3,(H,19,22)(H,20,21). The van der Waals surface area contributed by atoms with Gasteiger partial charge in [0, 0.05) is 30.0 Å². The van der Waals surface area contributed by atoms with Crippen LogP contribution in [0.2, 0.25) is 0 Å². The van der Waals surface area contributed by atoms with E-state index in [1.165, 1.54) is 0 Å². The molecule has 2 rings (SSSR count). The van der Waals surface area contributed by atoms with Crippen LogP contribution < -0.4 is 15.7 Å². The summed E-state index contributed by atoms with van der Waals surface area (Å²) in [5.74, 6) is -0.833. The smallest absolute Gasteiger partial charge is 0.339 e. The molecule has 1 atom stereocenters. The summed E-state index contributed by atoms with van der Waals surface area (Å²) >= 11 is 0. The van der Waals surface area contributed by atoms with Crippen molar-refractivity contribution in [1.29, 1.82) is 0 Å². The Morgan fingerprint density at radius 3 is 2.68 bits per heavy atom. The van der Waals surface area contributed by atoms with E-state index in [0.717, 1.165) is 10.9 Å². The number of rotatable bonds is 7. The minimum absolute atomic E-state index is 0.00199. The average molecular weight is 347 g/mol. The first-order chi connectivity index (χ1) is 11.8. The van der Waals surface area contributed by atoms with Crippen LogP contribution in [-0.4, -0.2) is 29.6 Å². The van der Waals surface area contributed by atoms with Crippen LogP contribution in [0.4, 0.5) is 0 Å². The topological polar surface area (TPSA) is 106 Å². The number of aryl methyl sites for hydroxylation is 1. The van der Waals surface area contributed by atoms with Crippen LogP contribution in [0.15, 0.2) is 27.4 Å². The SMILES string of the molecule is Cc1c(C)c2ccc(OC(C)C(=O)NCCCC(=O)O)cc2oc1=O. The van der Waals surface area contributed by atoms with Gasteiger partial charge in [-0.15, -0.1) is 0 Å². The Kier molecular flexibility index (Phi) is 5.80. The van der Waals surface area contributed by atoms with Gasteiger partial charge in [0.05, 0.1) is 0 Å². The van der Waals surface area contributed by atoms with E-state index in [0.29, 0.717) is 23.3 Å². The first kappa shape index (κ1) is 18.5. The molecule has 1 heterocycles. The molecule has 2 aromatic rings. The summed E-state index contributed by atoms with van der Waals surface area (Å²) in [7, 11) is 0. The van der Waals surface area contributed by atoms with Gasteiger partial charge < -0.3 is 19.6 Å². The number of benzene rings is 1. The molecular formula is C18H21NO6. The molecule has 1 unspecified atom stereocenters. The first-order valence-electron chi connectivity index (χ1n) is 8.00. The van der Waals surface area contributed by atoms with Crippen molar-refractivity contribution < 1.29 is 23.8 Å². The molecule has 0 saturated heterocycles. The lowest BCUT2D eigenvalue weighted by molar-refractivity contribution is -0.137. The third-order valence-corrected chi connectivity index (χ3v) is 3.98. The minimum Gasteiger partial charge on any atom is -0.481 e. The molecule has 1 aromatic carbocycles. The van der Waals surface area contributed by atoms with E-state index < -0.39 is 17.7 Å². The summed E-state index contributed by atoms with van der Waals surface area (Å²) in [5, 5.41) is 12.0. The van der Waals surface area contributed by atoms with Crippen molar-refractivity contribution in [2.75, 3.05) is 6.54 Å². The number of hydrogen-bond acceptors (Lipinski definition) is 5. The first-order valence-corrected chi connectivity index (χ1v) is 8.00.